The van der Waals surface area contributed by atoms with Gasteiger partial charge in [-0.3, -0.25) is 4.98 Å². The third-order valence-electron chi connectivity index (χ3n) is 2.54. The molecule has 2 heterocycles. The predicted octanol–water partition coefficient (Wildman–Crippen LogP) is 2.91. The molecule has 0 fully saturated rings. The topological polar surface area (TPSA) is 55.2 Å². The lowest BCUT2D eigenvalue weighted by molar-refractivity contribution is 0.274. The largest absolute Gasteiger partial charge is 0.486 e. The number of ether oxygens (including phenoxy) is 1. The molecule has 1 N–H and O–H groups in total. The first-order valence-corrected chi connectivity index (χ1v) is 7.00. The minimum Gasteiger partial charge on any atom is -0.486 e. The number of hydrogen-bond donors (Lipinski definition) is 1. The van der Waals surface area contributed by atoms with Crippen LogP contribution < -0.4 is 4.74 Å². The van der Waals surface area contributed by atoms with Crippen molar-refractivity contribution in [3.8, 4) is 5.75 Å². The fourth-order valence-electron chi connectivity index (χ4n) is 1.46. The Kier molecular flexibility index (Phi) is 4.17. The van der Waals surface area contributed by atoms with Crippen molar-refractivity contribution in [3.05, 3.63) is 40.1 Å². The van der Waals surface area contributed by atoms with Gasteiger partial charge in [0, 0.05) is 10.8 Å². The SMILES string of the molecule is CC(C)(C)c1nc(COc2ccc(CO)nc2)cs1. The van der Waals surface area contributed by atoms with E-state index in [-0.39, 0.29) is 12.0 Å². The monoisotopic (exact) mass is 278 g/mol. The van der Waals surface area contributed by atoms with Crippen LogP contribution >= 0.6 is 11.3 Å². The van der Waals surface area contributed by atoms with Gasteiger partial charge in [0.2, 0.25) is 0 Å². The van der Waals surface area contributed by atoms with Crippen LogP contribution in [0.2, 0.25) is 0 Å². The van der Waals surface area contributed by atoms with E-state index in [0.717, 1.165) is 10.7 Å². The van der Waals surface area contributed by atoms with Gasteiger partial charge in [0.05, 0.1) is 29.2 Å². The van der Waals surface area contributed by atoms with E-state index in [1.54, 1.807) is 29.7 Å². The zero-order valence-electron chi connectivity index (χ0n) is 11.4. The van der Waals surface area contributed by atoms with Crippen molar-refractivity contribution in [1.82, 2.24) is 9.97 Å². The Balaban J connectivity index is 1.96. The van der Waals surface area contributed by atoms with E-state index in [2.05, 4.69) is 30.7 Å². The summed E-state index contributed by atoms with van der Waals surface area (Å²) < 4.78 is 5.62. The van der Waals surface area contributed by atoms with Crippen LogP contribution in [0, 0.1) is 0 Å². The third-order valence-corrected chi connectivity index (χ3v) is 3.86. The maximum atomic E-state index is 8.90. The van der Waals surface area contributed by atoms with Gasteiger partial charge in [-0.2, -0.15) is 0 Å². The number of aliphatic hydroxyl groups excluding tert-OH is 1. The summed E-state index contributed by atoms with van der Waals surface area (Å²) in [5.74, 6) is 0.683. The summed E-state index contributed by atoms with van der Waals surface area (Å²) in [6.07, 6.45) is 1.61. The van der Waals surface area contributed by atoms with Gasteiger partial charge in [-0.05, 0) is 12.1 Å². The van der Waals surface area contributed by atoms with Crippen LogP contribution in [-0.4, -0.2) is 15.1 Å². The number of nitrogens with zero attached hydrogens (tertiary/aromatic N) is 2. The summed E-state index contributed by atoms with van der Waals surface area (Å²) in [6.45, 7) is 6.82. The zero-order chi connectivity index (χ0) is 13.9. The molecule has 0 aliphatic rings. The highest BCUT2D eigenvalue weighted by molar-refractivity contribution is 7.09. The Morgan fingerprint density at radius 2 is 2.05 bits per heavy atom. The Hall–Kier alpha value is -1.46. The molecule has 0 saturated carbocycles. The number of thiazole rings is 1. The van der Waals surface area contributed by atoms with E-state index in [1.165, 1.54) is 0 Å². The summed E-state index contributed by atoms with van der Waals surface area (Å²) in [5, 5.41) is 12.0. The highest BCUT2D eigenvalue weighted by Crippen LogP contribution is 2.26. The highest BCUT2D eigenvalue weighted by atomic mass is 32.1. The van der Waals surface area contributed by atoms with Gasteiger partial charge in [0.15, 0.2) is 0 Å². The number of hydrogen-bond acceptors (Lipinski definition) is 5. The summed E-state index contributed by atoms with van der Waals surface area (Å²) >= 11 is 1.66. The van der Waals surface area contributed by atoms with Crippen LogP contribution in [0.15, 0.2) is 23.7 Å². The molecule has 0 amide bonds. The van der Waals surface area contributed by atoms with Gasteiger partial charge >= 0.3 is 0 Å². The second kappa shape index (κ2) is 5.67. The molecule has 5 heteroatoms. The summed E-state index contributed by atoms with van der Waals surface area (Å²) in [7, 11) is 0. The van der Waals surface area contributed by atoms with Crippen LogP contribution in [0.3, 0.4) is 0 Å². The van der Waals surface area contributed by atoms with Gasteiger partial charge in [-0.1, -0.05) is 20.8 Å². The van der Waals surface area contributed by atoms with Gasteiger partial charge in [-0.25, -0.2) is 4.98 Å². The lowest BCUT2D eigenvalue weighted by Crippen LogP contribution is -2.10. The van der Waals surface area contributed by atoms with Gasteiger partial charge in [0.1, 0.15) is 12.4 Å². The number of rotatable bonds is 4. The highest BCUT2D eigenvalue weighted by Gasteiger charge is 2.17. The maximum absolute atomic E-state index is 8.90. The Morgan fingerprint density at radius 3 is 2.58 bits per heavy atom. The molecule has 0 aliphatic heterocycles. The standard InChI is InChI=1S/C14H18N2O2S/c1-14(2,3)13-16-11(9-19-13)8-18-12-5-4-10(7-17)15-6-12/h4-6,9,17H,7-8H2,1-3H3. The quantitative estimate of drug-likeness (QED) is 0.934. The lowest BCUT2D eigenvalue weighted by Gasteiger charge is -2.13. The molecule has 0 bridgehead atoms. The molecule has 0 aromatic carbocycles. The molecular formula is C14H18N2O2S. The minimum atomic E-state index is -0.0543. The molecule has 0 spiro atoms. The van der Waals surface area contributed by atoms with E-state index in [4.69, 9.17) is 9.84 Å². The van der Waals surface area contributed by atoms with Gasteiger partial charge < -0.3 is 9.84 Å². The number of pyridine rings is 1. The van der Waals surface area contributed by atoms with E-state index >= 15 is 0 Å². The molecule has 0 unspecified atom stereocenters. The Bertz CT molecular complexity index is 529. The van der Waals surface area contributed by atoms with E-state index in [9.17, 15) is 0 Å². The predicted molar refractivity (Wildman–Crippen MR) is 75.3 cm³/mol. The van der Waals surface area contributed by atoms with Gasteiger partial charge in [0.25, 0.3) is 0 Å². The van der Waals surface area contributed by atoms with Crippen molar-refractivity contribution < 1.29 is 9.84 Å². The molecule has 0 saturated heterocycles. The van der Waals surface area contributed by atoms with E-state index in [0.29, 0.717) is 18.1 Å². The second-order valence-corrected chi connectivity index (χ2v) is 6.18. The molecule has 0 atom stereocenters. The molecule has 4 nitrogen and oxygen atoms in total. The molecule has 2 rings (SSSR count). The van der Waals surface area contributed by atoms with Crippen molar-refractivity contribution in [2.75, 3.05) is 0 Å². The molecule has 0 radical (unpaired) electrons. The number of aromatic nitrogens is 2. The fraction of sp³-hybridized carbons (Fsp3) is 0.429. The minimum absolute atomic E-state index is 0.0543. The second-order valence-electron chi connectivity index (χ2n) is 5.33. The molecule has 102 valence electrons. The van der Waals surface area contributed by atoms with Crippen molar-refractivity contribution in [2.24, 2.45) is 0 Å². The normalized spacial score (nSPS) is 11.6. The average Bonchev–Trinajstić information content (AvgIpc) is 2.86. The fourth-order valence-corrected chi connectivity index (χ4v) is 2.36. The van der Waals surface area contributed by atoms with Crippen LogP contribution in [0.25, 0.3) is 0 Å². The maximum Gasteiger partial charge on any atom is 0.138 e. The first-order valence-electron chi connectivity index (χ1n) is 6.12. The summed E-state index contributed by atoms with van der Waals surface area (Å²) in [4.78, 5) is 8.62. The smallest absolute Gasteiger partial charge is 0.138 e. The van der Waals surface area contributed by atoms with Crippen LogP contribution in [0.4, 0.5) is 0 Å². The average molecular weight is 278 g/mol. The Morgan fingerprint density at radius 1 is 1.26 bits per heavy atom. The van der Waals surface area contributed by atoms with Gasteiger partial charge in [-0.15, -0.1) is 11.3 Å². The third kappa shape index (κ3) is 3.75. The molecule has 2 aromatic heterocycles. The molecule has 2 aromatic rings. The van der Waals surface area contributed by atoms with E-state index in [1.807, 2.05) is 5.38 Å². The van der Waals surface area contributed by atoms with E-state index < -0.39 is 0 Å². The van der Waals surface area contributed by atoms with Crippen molar-refractivity contribution in [3.63, 3.8) is 0 Å². The van der Waals surface area contributed by atoms with Crippen molar-refractivity contribution in [2.45, 2.75) is 39.4 Å². The molecule has 19 heavy (non-hydrogen) atoms. The van der Waals surface area contributed by atoms with Crippen LogP contribution in [0.5, 0.6) is 5.75 Å². The van der Waals surface area contributed by atoms with Crippen molar-refractivity contribution >= 4 is 11.3 Å². The van der Waals surface area contributed by atoms with Crippen LogP contribution in [-0.2, 0) is 18.6 Å². The lowest BCUT2D eigenvalue weighted by atomic mass is 9.98. The zero-order valence-corrected chi connectivity index (χ0v) is 12.2. The number of aliphatic hydroxyl groups is 1. The van der Waals surface area contributed by atoms with Crippen LogP contribution in [0.1, 0.15) is 37.2 Å². The van der Waals surface area contributed by atoms with Crippen molar-refractivity contribution in [1.29, 1.82) is 0 Å². The summed E-state index contributed by atoms with van der Waals surface area (Å²) in [6, 6.07) is 3.55. The first kappa shape index (κ1) is 14.0. The summed E-state index contributed by atoms with van der Waals surface area (Å²) in [5.41, 5.74) is 1.64. The molecule has 0 aliphatic carbocycles. The molecular weight excluding hydrogens is 260 g/mol. The first-order chi connectivity index (χ1) is 8.99. The Labute approximate surface area is 117 Å².